The molecule has 0 saturated carbocycles. The third-order valence-corrected chi connectivity index (χ3v) is 2.36. The summed E-state index contributed by atoms with van der Waals surface area (Å²) in [5.74, 6) is 0.442. The van der Waals surface area contributed by atoms with Crippen LogP contribution in [-0.4, -0.2) is 18.4 Å². The Morgan fingerprint density at radius 3 is 2.35 bits per heavy atom. The van der Waals surface area contributed by atoms with Gasteiger partial charge < -0.3 is 4.74 Å². The Morgan fingerprint density at radius 1 is 1.24 bits per heavy atom. The zero-order valence-corrected chi connectivity index (χ0v) is 11.7. The van der Waals surface area contributed by atoms with E-state index in [-0.39, 0.29) is 0 Å². The quantitative estimate of drug-likeness (QED) is 0.385. The minimum atomic E-state index is -0.775. The zero-order chi connectivity index (χ0) is 13.3. The zero-order valence-electron chi connectivity index (χ0n) is 11.7. The topological polar surface area (TPSA) is 44.8 Å². The molecule has 102 valence electrons. The van der Waals surface area contributed by atoms with Crippen LogP contribution in [0.1, 0.15) is 60.3 Å². The summed E-state index contributed by atoms with van der Waals surface area (Å²) in [6.07, 6.45) is 3.70. The lowest BCUT2D eigenvalue weighted by molar-refractivity contribution is -0.268. The fraction of sp³-hybridized carbons (Fsp3) is 0.923. The summed E-state index contributed by atoms with van der Waals surface area (Å²) in [6, 6.07) is 0. The second-order valence-corrected chi connectivity index (χ2v) is 5.25. The van der Waals surface area contributed by atoms with Gasteiger partial charge in [0.05, 0.1) is 6.61 Å². The Balaban J connectivity index is 3.70. The predicted octanol–water partition coefficient (Wildman–Crippen LogP) is 4.09. The van der Waals surface area contributed by atoms with Crippen molar-refractivity contribution < 1.29 is 19.3 Å². The van der Waals surface area contributed by atoms with Crippen molar-refractivity contribution in [1.29, 1.82) is 0 Å². The van der Waals surface area contributed by atoms with Crippen LogP contribution in [0.2, 0.25) is 0 Å². The molecule has 0 aromatic carbocycles. The summed E-state index contributed by atoms with van der Waals surface area (Å²) in [6.45, 7) is 10.1. The Hall–Kier alpha value is -0.770. The van der Waals surface area contributed by atoms with Gasteiger partial charge in [-0.25, -0.2) is 4.79 Å². The first-order valence-electron chi connectivity index (χ1n) is 6.41. The van der Waals surface area contributed by atoms with E-state index in [4.69, 9.17) is 9.62 Å². The number of carbonyl (C=O) groups is 1. The maximum atomic E-state index is 11.2. The summed E-state index contributed by atoms with van der Waals surface area (Å²) < 4.78 is 4.95. The van der Waals surface area contributed by atoms with E-state index < -0.39 is 11.8 Å². The van der Waals surface area contributed by atoms with Crippen LogP contribution in [0.4, 0.5) is 4.79 Å². The first kappa shape index (κ1) is 16.2. The molecule has 0 heterocycles. The lowest BCUT2D eigenvalue weighted by Gasteiger charge is -2.18. The summed E-state index contributed by atoms with van der Waals surface area (Å²) in [5.41, 5.74) is -0.549. The van der Waals surface area contributed by atoms with Crippen LogP contribution in [0.3, 0.4) is 0 Å². The molecule has 1 atom stereocenters. The minimum absolute atomic E-state index is 0.440. The van der Waals surface area contributed by atoms with Gasteiger partial charge in [-0.1, -0.05) is 33.1 Å². The van der Waals surface area contributed by atoms with Gasteiger partial charge in [0.2, 0.25) is 0 Å². The van der Waals surface area contributed by atoms with Crippen LogP contribution < -0.4 is 0 Å². The van der Waals surface area contributed by atoms with E-state index in [0.29, 0.717) is 12.5 Å². The summed E-state index contributed by atoms with van der Waals surface area (Å²) in [5, 5.41) is 0. The molecular formula is C13H26O4. The van der Waals surface area contributed by atoms with Crippen LogP contribution in [0, 0.1) is 5.92 Å². The molecule has 0 saturated heterocycles. The average molecular weight is 246 g/mol. The van der Waals surface area contributed by atoms with Crippen molar-refractivity contribution in [2.75, 3.05) is 6.61 Å². The monoisotopic (exact) mass is 246 g/mol. The van der Waals surface area contributed by atoms with Crippen molar-refractivity contribution in [1.82, 2.24) is 0 Å². The third kappa shape index (κ3) is 10.1. The fourth-order valence-corrected chi connectivity index (χ4v) is 1.34. The number of rotatable bonds is 7. The molecular weight excluding hydrogens is 220 g/mol. The molecule has 0 aliphatic rings. The second-order valence-electron chi connectivity index (χ2n) is 5.25. The van der Waals surface area contributed by atoms with Crippen molar-refractivity contribution in [3.63, 3.8) is 0 Å². The fourth-order valence-electron chi connectivity index (χ4n) is 1.34. The van der Waals surface area contributed by atoms with Gasteiger partial charge in [-0.05, 0) is 33.1 Å². The average Bonchev–Trinajstić information content (AvgIpc) is 2.20. The van der Waals surface area contributed by atoms with Gasteiger partial charge in [0.15, 0.2) is 0 Å². The highest BCUT2D eigenvalue weighted by molar-refractivity contribution is 5.59. The van der Waals surface area contributed by atoms with Crippen molar-refractivity contribution in [2.24, 2.45) is 5.92 Å². The first-order valence-corrected chi connectivity index (χ1v) is 6.41. The van der Waals surface area contributed by atoms with Crippen LogP contribution in [0.15, 0.2) is 0 Å². The van der Waals surface area contributed by atoms with E-state index >= 15 is 0 Å². The molecule has 0 aliphatic carbocycles. The summed E-state index contributed by atoms with van der Waals surface area (Å²) >= 11 is 0. The van der Waals surface area contributed by atoms with E-state index in [0.717, 1.165) is 12.8 Å². The van der Waals surface area contributed by atoms with E-state index in [2.05, 4.69) is 18.7 Å². The molecule has 4 nitrogen and oxygen atoms in total. The molecule has 0 fully saturated rings. The van der Waals surface area contributed by atoms with Crippen LogP contribution >= 0.6 is 0 Å². The predicted molar refractivity (Wildman–Crippen MR) is 66.6 cm³/mol. The van der Waals surface area contributed by atoms with Gasteiger partial charge in [0.1, 0.15) is 5.60 Å². The van der Waals surface area contributed by atoms with Crippen LogP contribution in [0.25, 0.3) is 0 Å². The van der Waals surface area contributed by atoms with Crippen molar-refractivity contribution in [3.8, 4) is 0 Å². The van der Waals surface area contributed by atoms with Gasteiger partial charge in [0.25, 0.3) is 0 Å². The summed E-state index contributed by atoms with van der Waals surface area (Å²) in [4.78, 5) is 20.7. The molecule has 0 aliphatic heterocycles. The van der Waals surface area contributed by atoms with Gasteiger partial charge >= 0.3 is 6.16 Å². The van der Waals surface area contributed by atoms with Crippen molar-refractivity contribution in [3.05, 3.63) is 0 Å². The molecule has 0 bridgehead atoms. The molecule has 0 amide bonds. The highest BCUT2D eigenvalue weighted by atomic mass is 17.2. The Labute approximate surface area is 105 Å². The van der Waals surface area contributed by atoms with E-state index in [1.54, 1.807) is 20.8 Å². The number of ether oxygens (including phenoxy) is 1. The van der Waals surface area contributed by atoms with Crippen molar-refractivity contribution in [2.45, 2.75) is 65.9 Å². The molecule has 0 aromatic heterocycles. The van der Waals surface area contributed by atoms with Crippen LogP contribution in [-0.2, 0) is 14.5 Å². The highest BCUT2D eigenvalue weighted by Gasteiger charge is 2.18. The Kier molecular flexibility index (Phi) is 7.96. The van der Waals surface area contributed by atoms with Gasteiger partial charge in [-0.15, -0.1) is 0 Å². The number of unbranched alkanes of at least 4 members (excludes halogenated alkanes) is 1. The molecule has 17 heavy (non-hydrogen) atoms. The number of hydrogen-bond acceptors (Lipinski definition) is 4. The molecule has 0 aromatic rings. The molecule has 0 N–H and O–H groups in total. The molecule has 4 heteroatoms. The number of carbonyl (C=O) groups excluding carboxylic acids is 1. The SMILES string of the molecule is CCCCC(CC)COOC(=O)OC(C)(C)C. The van der Waals surface area contributed by atoms with E-state index in [9.17, 15) is 4.79 Å². The van der Waals surface area contributed by atoms with E-state index in [1.165, 1.54) is 12.8 Å². The molecule has 0 spiro atoms. The highest BCUT2D eigenvalue weighted by Crippen LogP contribution is 2.13. The maximum Gasteiger partial charge on any atom is 0.540 e. The minimum Gasteiger partial charge on any atom is -0.427 e. The summed E-state index contributed by atoms with van der Waals surface area (Å²) in [7, 11) is 0. The normalized spacial score (nSPS) is 13.2. The van der Waals surface area contributed by atoms with Gasteiger partial charge in [-0.2, -0.15) is 4.89 Å². The van der Waals surface area contributed by atoms with Crippen LogP contribution in [0.5, 0.6) is 0 Å². The maximum absolute atomic E-state index is 11.2. The second kappa shape index (κ2) is 8.34. The third-order valence-electron chi connectivity index (χ3n) is 2.36. The molecule has 1 unspecified atom stereocenters. The number of hydrogen-bond donors (Lipinski definition) is 0. The Morgan fingerprint density at radius 2 is 1.88 bits per heavy atom. The van der Waals surface area contributed by atoms with Gasteiger partial charge in [-0.3, -0.25) is 4.89 Å². The standard InChI is InChI=1S/C13H26O4/c1-6-8-9-11(7-2)10-15-17-12(14)16-13(3,4)5/h11H,6-10H2,1-5H3. The van der Waals surface area contributed by atoms with E-state index in [1.807, 2.05) is 0 Å². The first-order chi connectivity index (χ1) is 7.89. The van der Waals surface area contributed by atoms with Gasteiger partial charge in [0, 0.05) is 0 Å². The largest absolute Gasteiger partial charge is 0.540 e. The lowest BCUT2D eigenvalue weighted by Crippen LogP contribution is -2.25. The smallest absolute Gasteiger partial charge is 0.427 e. The molecule has 0 radical (unpaired) electrons. The Bertz CT molecular complexity index is 208. The lowest BCUT2D eigenvalue weighted by atomic mass is 10.0. The molecule has 0 rings (SSSR count). The van der Waals surface area contributed by atoms with Crippen molar-refractivity contribution >= 4 is 6.16 Å².